The Hall–Kier alpha value is -1.91. The van der Waals surface area contributed by atoms with Crippen LogP contribution < -0.4 is 10.6 Å². The smallest absolute Gasteiger partial charge is 0.240 e. The fourth-order valence-corrected chi connectivity index (χ4v) is 3.69. The first kappa shape index (κ1) is 14.0. The number of nitrogens with two attached hydrogens (primary N) is 1. The van der Waals surface area contributed by atoms with Gasteiger partial charge in [0.2, 0.25) is 11.8 Å². The van der Waals surface area contributed by atoms with Crippen molar-refractivity contribution in [3.05, 3.63) is 23.9 Å². The first-order valence-corrected chi connectivity index (χ1v) is 7.59. The maximum atomic E-state index is 13.0. The van der Waals surface area contributed by atoms with Crippen LogP contribution in [0.3, 0.4) is 0 Å². The Kier molecular flexibility index (Phi) is 3.43. The van der Waals surface area contributed by atoms with E-state index in [2.05, 4.69) is 4.98 Å². The number of carbonyl (C=O) groups is 2. The van der Waals surface area contributed by atoms with Gasteiger partial charge < -0.3 is 5.73 Å². The third-order valence-electron chi connectivity index (χ3n) is 4.85. The highest BCUT2D eigenvalue weighted by Gasteiger charge is 2.54. The van der Waals surface area contributed by atoms with Gasteiger partial charge >= 0.3 is 0 Å². The Morgan fingerprint density at radius 3 is 2.62 bits per heavy atom. The van der Waals surface area contributed by atoms with Crippen LogP contribution in [0, 0.1) is 12.3 Å². The number of primary amides is 1. The van der Waals surface area contributed by atoms with E-state index < -0.39 is 17.4 Å². The van der Waals surface area contributed by atoms with E-state index in [4.69, 9.17) is 5.73 Å². The molecule has 2 fully saturated rings. The summed E-state index contributed by atoms with van der Waals surface area (Å²) >= 11 is 0. The molecular formula is C16H21N3O2. The summed E-state index contributed by atoms with van der Waals surface area (Å²) in [5, 5.41) is 0. The van der Waals surface area contributed by atoms with Crippen molar-refractivity contribution in [1.82, 2.24) is 4.98 Å². The highest BCUT2D eigenvalue weighted by atomic mass is 16.2. The van der Waals surface area contributed by atoms with Gasteiger partial charge in [0.25, 0.3) is 0 Å². The van der Waals surface area contributed by atoms with E-state index in [1.165, 1.54) is 11.3 Å². The van der Waals surface area contributed by atoms with E-state index in [9.17, 15) is 9.59 Å². The zero-order valence-corrected chi connectivity index (χ0v) is 12.3. The summed E-state index contributed by atoms with van der Waals surface area (Å²) in [4.78, 5) is 30.6. The van der Waals surface area contributed by atoms with Crippen molar-refractivity contribution in [2.45, 2.75) is 51.5 Å². The summed E-state index contributed by atoms with van der Waals surface area (Å²) < 4.78 is 0. The standard InChI is InChI=1S/C16H21N3O2/c1-11-5-6-13(18-10-11)19-12(14(17)20)9-16(15(19)21)7-3-2-4-8-16/h5-6,10,12H,2-4,7-9H2,1H3,(H2,17,20). The van der Waals surface area contributed by atoms with Crippen LogP contribution in [0.25, 0.3) is 0 Å². The van der Waals surface area contributed by atoms with Gasteiger partial charge in [-0.3, -0.25) is 14.5 Å². The number of aryl methyl sites for hydroxylation is 1. The summed E-state index contributed by atoms with van der Waals surface area (Å²) in [5.74, 6) is 0.132. The third kappa shape index (κ3) is 2.30. The predicted octanol–water partition coefficient (Wildman–Crippen LogP) is 1.93. The van der Waals surface area contributed by atoms with E-state index >= 15 is 0 Å². The van der Waals surface area contributed by atoms with E-state index in [1.54, 1.807) is 12.3 Å². The highest BCUT2D eigenvalue weighted by Crippen LogP contribution is 2.48. The van der Waals surface area contributed by atoms with E-state index in [1.807, 2.05) is 13.0 Å². The lowest BCUT2D eigenvalue weighted by atomic mass is 9.72. The number of rotatable bonds is 2. The van der Waals surface area contributed by atoms with E-state index in [-0.39, 0.29) is 5.91 Å². The van der Waals surface area contributed by atoms with Gasteiger partial charge in [-0.15, -0.1) is 0 Å². The molecule has 1 aliphatic carbocycles. The molecule has 0 radical (unpaired) electrons. The van der Waals surface area contributed by atoms with Crippen LogP contribution in [-0.2, 0) is 9.59 Å². The fourth-order valence-electron chi connectivity index (χ4n) is 3.69. The molecule has 1 aromatic heterocycles. The summed E-state index contributed by atoms with van der Waals surface area (Å²) in [6, 6.07) is 3.13. The lowest BCUT2D eigenvalue weighted by molar-refractivity contribution is -0.127. The van der Waals surface area contributed by atoms with Gasteiger partial charge in [-0.05, 0) is 37.8 Å². The SMILES string of the molecule is Cc1ccc(N2C(=O)C3(CCCCC3)CC2C(N)=O)nc1. The molecule has 2 heterocycles. The van der Waals surface area contributed by atoms with Crippen molar-refractivity contribution in [3.63, 3.8) is 0 Å². The number of hydrogen-bond donors (Lipinski definition) is 1. The molecule has 1 aromatic rings. The van der Waals surface area contributed by atoms with Crippen LogP contribution in [0.1, 0.15) is 44.1 Å². The first-order valence-electron chi connectivity index (χ1n) is 7.59. The maximum Gasteiger partial charge on any atom is 0.240 e. The van der Waals surface area contributed by atoms with Crippen LogP contribution in [0.5, 0.6) is 0 Å². The number of hydrogen-bond acceptors (Lipinski definition) is 3. The first-order chi connectivity index (χ1) is 10.0. The monoisotopic (exact) mass is 287 g/mol. The second kappa shape index (κ2) is 5.13. The molecule has 0 aromatic carbocycles. The van der Waals surface area contributed by atoms with Gasteiger partial charge in [-0.25, -0.2) is 4.98 Å². The molecule has 1 unspecified atom stereocenters. The normalized spacial score (nSPS) is 24.5. The van der Waals surface area contributed by atoms with Gasteiger partial charge in [0.05, 0.1) is 5.41 Å². The molecule has 2 aliphatic rings. The Morgan fingerprint density at radius 2 is 2.05 bits per heavy atom. The lowest BCUT2D eigenvalue weighted by Crippen LogP contribution is -2.43. The van der Waals surface area contributed by atoms with Crippen LogP contribution in [0.2, 0.25) is 0 Å². The molecule has 3 rings (SSSR count). The Bertz CT molecular complexity index is 561. The molecule has 21 heavy (non-hydrogen) atoms. The Morgan fingerprint density at radius 1 is 1.33 bits per heavy atom. The van der Waals surface area contributed by atoms with Crippen molar-refractivity contribution < 1.29 is 9.59 Å². The molecule has 2 amide bonds. The molecule has 1 aliphatic heterocycles. The average Bonchev–Trinajstić information content (AvgIpc) is 2.75. The van der Waals surface area contributed by atoms with Crippen LogP contribution in [0.4, 0.5) is 5.82 Å². The summed E-state index contributed by atoms with van der Waals surface area (Å²) in [6.07, 6.45) is 7.23. The summed E-state index contributed by atoms with van der Waals surface area (Å²) in [5.41, 5.74) is 6.17. The molecule has 5 heteroatoms. The van der Waals surface area contributed by atoms with Gasteiger partial charge in [-0.1, -0.05) is 25.3 Å². The predicted molar refractivity (Wildman–Crippen MR) is 79.6 cm³/mol. The van der Waals surface area contributed by atoms with Crippen LogP contribution in [-0.4, -0.2) is 22.8 Å². The minimum atomic E-state index is -0.564. The molecular weight excluding hydrogens is 266 g/mol. The van der Waals surface area contributed by atoms with Crippen LogP contribution in [0.15, 0.2) is 18.3 Å². The molecule has 1 saturated heterocycles. The number of aromatic nitrogens is 1. The molecule has 112 valence electrons. The molecule has 2 N–H and O–H groups in total. The topological polar surface area (TPSA) is 76.3 Å². The van der Waals surface area contributed by atoms with Crippen molar-refractivity contribution >= 4 is 17.6 Å². The van der Waals surface area contributed by atoms with Crippen molar-refractivity contribution in [2.24, 2.45) is 11.1 Å². The zero-order valence-electron chi connectivity index (χ0n) is 12.3. The second-order valence-electron chi connectivity index (χ2n) is 6.33. The van der Waals surface area contributed by atoms with Gasteiger partial charge in [-0.2, -0.15) is 0 Å². The Labute approximate surface area is 124 Å². The number of anilines is 1. The van der Waals surface area contributed by atoms with Crippen LogP contribution >= 0.6 is 0 Å². The summed E-state index contributed by atoms with van der Waals surface area (Å²) in [6.45, 7) is 1.94. The minimum Gasteiger partial charge on any atom is -0.368 e. The molecule has 0 bridgehead atoms. The average molecular weight is 287 g/mol. The molecule has 1 spiro atoms. The van der Waals surface area contributed by atoms with Gasteiger partial charge in [0.1, 0.15) is 11.9 Å². The zero-order chi connectivity index (χ0) is 15.0. The third-order valence-corrected chi connectivity index (χ3v) is 4.85. The van der Waals surface area contributed by atoms with Crippen molar-refractivity contribution in [1.29, 1.82) is 0 Å². The molecule has 5 nitrogen and oxygen atoms in total. The van der Waals surface area contributed by atoms with Gasteiger partial charge in [0, 0.05) is 6.20 Å². The Balaban J connectivity index is 1.98. The lowest BCUT2D eigenvalue weighted by Gasteiger charge is -2.31. The quantitative estimate of drug-likeness (QED) is 0.903. The van der Waals surface area contributed by atoms with Crippen molar-refractivity contribution in [2.75, 3.05) is 4.90 Å². The molecule has 1 saturated carbocycles. The van der Waals surface area contributed by atoms with Gasteiger partial charge in [0.15, 0.2) is 0 Å². The van der Waals surface area contributed by atoms with E-state index in [0.717, 1.165) is 31.2 Å². The number of nitrogens with zero attached hydrogens (tertiary/aromatic N) is 2. The van der Waals surface area contributed by atoms with Crippen molar-refractivity contribution in [3.8, 4) is 0 Å². The largest absolute Gasteiger partial charge is 0.368 e. The number of amides is 2. The number of carbonyl (C=O) groups excluding carboxylic acids is 2. The minimum absolute atomic E-state index is 0.0300. The molecule has 1 atom stereocenters. The van der Waals surface area contributed by atoms with E-state index in [0.29, 0.717) is 12.2 Å². The fraction of sp³-hybridized carbons (Fsp3) is 0.562. The maximum absolute atomic E-state index is 13.0. The second-order valence-corrected chi connectivity index (χ2v) is 6.33. The summed E-state index contributed by atoms with van der Waals surface area (Å²) in [7, 11) is 0. The highest BCUT2D eigenvalue weighted by molar-refractivity contribution is 6.06. The number of pyridine rings is 1.